The van der Waals surface area contributed by atoms with Crippen LogP contribution in [0.1, 0.15) is 5.69 Å². The fourth-order valence-electron chi connectivity index (χ4n) is 1.56. The van der Waals surface area contributed by atoms with Gasteiger partial charge in [0.25, 0.3) is 0 Å². The molecule has 0 aliphatic heterocycles. The molecule has 0 atom stereocenters. The molecule has 0 unspecified atom stereocenters. The van der Waals surface area contributed by atoms with Crippen LogP contribution < -0.4 is 5.73 Å². The van der Waals surface area contributed by atoms with E-state index in [-0.39, 0.29) is 0 Å². The van der Waals surface area contributed by atoms with Crippen LogP contribution in [0.3, 0.4) is 0 Å². The fraction of sp³-hybridized carbons (Fsp3) is 0.200. The number of hydrogen-bond acceptors (Lipinski definition) is 1. The zero-order chi connectivity index (χ0) is 9.42. The van der Waals surface area contributed by atoms with Crippen LogP contribution in [0.5, 0.6) is 0 Å². The van der Waals surface area contributed by atoms with Crippen LogP contribution in [0.2, 0.25) is 5.02 Å². The highest BCUT2D eigenvalue weighted by atomic mass is 35.5. The first kappa shape index (κ1) is 8.60. The zero-order valence-electron chi connectivity index (χ0n) is 7.42. The van der Waals surface area contributed by atoms with Crippen LogP contribution in [0.15, 0.2) is 24.3 Å². The number of aryl methyl sites for hydroxylation is 1. The minimum atomic E-state index is 0.558. The lowest BCUT2D eigenvalue weighted by Crippen LogP contribution is -2.02. The molecule has 0 spiro atoms. The highest BCUT2D eigenvalue weighted by Gasteiger charge is 2.03. The van der Waals surface area contributed by atoms with Crippen LogP contribution in [-0.4, -0.2) is 4.57 Å². The predicted molar refractivity (Wildman–Crippen MR) is 55.8 cm³/mol. The molecule has 0 radical (unpaired) electrons. The van der Waals surface area contributed by atoms with E-state index in [9.17, 15) is 0 Å². The van der Waals surface area contributed by atoms with E-state index < -0.39 is 0 Å². The van der Waals surface area contributed by atoms with E-state index in [4.69, 9.17) is 17.3 Å². The summed E-state index contributed by atoms with van der Waals surface area (Å²) in [4.78, 5) is 0. The summed E-state index contributed by atoms with van der Waals surface area (Å²) >= 11 is 5.90. The molecule has 2 N–H and O–H groups in total. The molecule has 13 heavy (non-hydrogen) atoms. The van der Waals surface area contributed by atoms with E-state index in [0.717, 1.165) is 16.2 Å². The first-order valence-corrected chi connectivity index (χ1v) is 4.54. The number of fused-ring (bicyclic) bond motifs is 1. The largest absolute Gasteiger partial charge is 0.346 e. The summed E-state index contributed by atoms with van der Waals surface area (Å²) in [6.45, 7) is 0.558. The third-order valence-electron chi connectivity index (χ3n) is 2.32. The van der Waals surface area contributed by atoms with Crippen molar-refractivity contribution < 1.29 is 0 Å². The molecule has 68 valence electrons. The molecule has 0 aliphatic carbocycles. The molecule has 1 aromatic heterocycles. The van der Waals surface area contributed by atoms with Gasteiger partial charge in [-0.25, -0.2) is 0 Å². The summed E-state index contributed by atoms with van der Waals surface area (Å²) in [6, 6.07) is 7.95. The first-order chi connectivity index (χ1) is 6.22. The van der Waals surface area contributed by atoms with Crippen molar-refractivity contribution in [3.63, 3.8) is 0 Å². The van der Waals surface area contributed by atoms with E-state index >= 15 is 0 Å². The summed E-state index contributed by atoms with van der Waals surface area (Å²) in [5, 5.41) is 1.95. The number of nitrogens with two attached hydrogens (primary N) is 1. The third kappa shape index (κ3) is 1.32. The van der Waals surface area contributed by atoms with Gasteiger partial charge in [-0.3, -0.25) is 0 Å². The van der Waals surface area contributed by atoms with Crippen molar-refractivity contribution in [3.05, 3.63) is 35.0 Å². The maximum absolute atomic E-state index is 5.90. The third-order valence-corrected chi connectivity index (χ3v) is 2.55. The van der Waals surface area contributed by atoms with Crippen LogP contribution in [0, 0.1) is 0 Å². The number of aromatic nitrogens is 1. The number of rotatable bonds is 1. The van der Waals surface area contributed by atoms with E-state index in [1.165, 1.54) is 5.39 Å². The highest BCUT2D eigenvalue weighted by molar-refractivity contribution is 6.31. The van der Waals surface area contributed by atoms with Crippen molar-refractivity contribution in [1.29, 1.82) is 0 Å². The Morgan fingerprint density at radius 1 is 1.38 bits per heavy atom. The Kier molecular flexibility index (Phi) is 2.02. The minimum Gasteiger partial charge on any atom is -0.346 e. The SMILES string of the molecule is Cn1c(CN)cc2ccc(Cl)cc21. The molecule has 3 heteroatoms. The normalized spacial score (nSPS) is 11.0. The van der Waals surface area contributed by atoms with Gasteiger partial charge in [0, 0.05) is 29.8 Å². The molecule has 0 amide bonds. The highest BCUT2D eigenvalue weighted by Crippen LogP contribution is 2.22. The number of nitrogens with zero attached hydrogens (tertiary/aromatic N) is 1. The molecule has 2 rings (SSSR count). The number of benzene rings is 1. The summed E-state index contributed by atoms with van der Waals surface area (Å²) in [7, 11) is 2.00. The zero-order valence-corrected chi connectivity index (χ0v) is 8.17. The smallest absolute Gasteiger partial charge is 0.0495 e. The standard InChI is InChI=1S/C10H11ClN2/c1-13-9(6-12)4-7-2-3-8(11)5-10(7)13/h2-5H,6,12H2,1H3. The van der Waals surface area contributed by atoms with Crippen molar-refractivity contribution in [3.8, 4) is 0 Å². The van der Waals surface area contributed by atoms with Gasteiger partial charge in [0.05, 0.1) is 0 Å². The first-order valence-electron chi connectivity index (χ1n) is 4.16. The Bertz CT molecular complexity index is 445. The Balaban J connectivity index is 2.77. The molecule has 2 aromatic rings. The van der Waals surface area contributed by atoms with E-state index in [0.29, 0.717) is 6.54 Å². The van der Waals surface area contributed by atoms with Crippen LogP contribution >= 0.6 is 11.6 Å². The molecule has 1 aromatic carbocycles. The van der Waals surface area contributed by atoms with Gasteiger partial charge in [0.15, 0.2) is 0 Å². The summed E-state index contributed by atoms with van der Waals surface area (Å²) in [5.41, 5.74) is 7.85. The Morgan fingerprint density at radius 3 is 2.85 bits per heavy atom. The van der Waals surface area contributed by atoms with Crippen molar-refractivity contribution in [1.82, 2.24) is 4.57 Å². The number of halogens is 1. The van der Waals surface area contributed by atoms with Gasteiger partial charge in [-0.05, 0) is 23.6 Å². The molecular weight excluding hydrogens is 184 g/mol. The van der Waals surface area contributed by atoms with Crippen molar-refractivity contribution in [2.45, 2.75) is 6.54 Å². The second kappa shape index (κ2) is 3.05. The lowest BCUT2D eigenvalue weighted by molar-refractivity contribution is 0.849. The Hall–Kier alpha value is -0.990. The molecular formula is C10H11ClN2. The van der Waals surface area contributed by atoms with E-state index in [1.807, 2.05) is 25.2 Å². The number of hydrogen-bond donors (Lipinski definition) is 1. The lowest BCUT2D eigenvalue weighted by Gasteiger charge is -2.00. The van der Waals surface area contributed by atoms with Crippen LogP contribution in [-0.2, 0) is 13.6 Å². The van der Waals surface area contributed by atoms with Gasteiger partial charge in [0.2, 0.25) is 0 Å². The fourth-order valence-corrected chi connectivity index (χ4v) is 1.72. The van der Waals surface area contributed by atoms with Gasteiger partial charge < -0.3 is 10.3 Å². The lowest BCUT2D eigenvalue weighted by atomic mass is 10.2. The molecule has 0 bridgehead atoms. The monoisotopic (exact) mass is 194 g/mol. The van der Waals surface area contributed by atoms with Gasteiger partial charge >= 0.3 is 0 Å². The topological polar surface area (TPSA) is 30.9 Å². The maximum atomic E-state index is 5.90. The van der Waals surface area contributed by atoms with E-state index in [1.54, 1.807) is 0 Å². The second-order valence-corrected chi connectivity index (χ2v) is 3.54. The summed E-state index contributed by atoms with van der Waals surface area (Å²) < 4.78 is 2.07. The maximum Gasteiger partial charge on any atom is 0.0495 e. The van der Waals surface area contributed by atoms with Crippen molar-refractivity contribution >= 4 is 22.5 Å². The van der Waals surface area contributed by atoms with Gasteiger partial charge in [-0.2, -0.15) is 0 Å². The molecule has 1 heterocycles. The van der Waals surface area contributed by atoms with E-state index in [2.05, 4.69) is 10.6 Å². The van der Waals surface area contributed by atoms with Gasteiger partial charge in [0.1, 0.15) is 0 Å². The minimum absolute atomic E-state index is 0.558. The molecule has 0 fully saturated rings. The quantitative estimate of drug-likeness (QED) is 0.742. The average molecular weight is 195 g/mol. The molecule has 0 aliphatic rings. The Labute approximate surface area is 81.9 Å². The van der Waals surface area contributed by atoms with Gasteiger partial charge in [-0.1, -0.05) is 17.7 Å². The molecule has 0 saturated heterocycles. The van der Waals surface area contributed by atoms with Crippen LogP contribution in [0.4, 0.5) is 0 Å². The van der Waals surface area contributed by atoms with Gasteiger partial charge in [-0.15, -0.1) is 0 Å². The summed E-state index contributed by atoms with van der Waals surface area (Å²) in [6.07, 6.45) is 0. The van der Waals surface area contributed by atoms with Crippen LogP contribution in [0.25, 0.3) is 10.9 Å². The van der Waals surface area contributed by atoms with Crippen molar-refractivity contribution in [2.24, 2.45) is 12.8 Å². The molecule has 0 saturated carbocycles. The van der Waals surface area contributed by atoms with Crippen molar-refractivity contribution in [2.75, 3.05) is 0 Å². The molecule has 2 nitrogen and oxygen atoms in total. The predicted octanol–water partition coefficient (Wildman–Crippen LogP) is 2.29. The Morgan fingerprint density at radius 2 is 2.15 bits per heavy atom. The second-order valence-electron chi connectivity index (χ2n) is 3.10. The average Bonchev–Trinajstić information content (AvgIpc) is 2.44. The summed E-state index contributed by atoms with van der Waals surface area (Å²) in [5.74, 6) is 0.